The second-order valence-corrected chi connectivity index (χ2v) is 6.24. The molecule has 0 aromatic heterocycles. The first-order valence-electron chi connectivity index (χ1n) is 8.00. The molecule has 1 N–H and O–H groups in total. The van der Waals surface area contributed by atoms with Gasteiger partial charge in [-0.2, -0.15) is 0 Å². The summed E-state index contributed by atoms with van der Waals surface area (Å²) in [6.07, 6.45) is 1.07. The number of nitrogens with one attached hydrogen (secondary N) is 1. The van der Waals surface area contributed by atoms with Gasteiger partial charge in [-0.25, -0.2) is 0 Å². The molecule has 0 aliphatic carbocycles. The third kappa shape index (κ3) is 5.89. The van der Waals surface area contributed by atoms with Crippen LogP contribution in [-0.4, -0.2) is 19.1 Å². The number of rotatable bonds is 8. The minimum atomic E-state index is -0.0187. The van der Waals surface area contributed by atoms with Crippen molar-refractivity contribution in [3.8, 4) is 11.5 Å². The first kappa shape index (κ1) is 18.3. The van der Waals surface area contributed by atoms with Gasteiger partial charge in [0.2, 0.25) is 5.91 Å². The Kier molecular flexibility index (Phi) is 7.12. The number of carbonyl (C=O) groups excluding carboxylic acids is 1. The average molecular weight is 392 g/mol. The van der Waals surface area contributed by atoms with Crippen molar-refractivity contribution >= 4 is 27.5 Å². The van der Waals surface area contributed by atoms with Crippen molar-refractivity contribution in [3.05, 3.63) is 52.5 Å². The summed E-state index contributed by atoms with van der Waals surface area (Å²) < 4.78 is 11.9. The zero-order valence-corrected chi connectivity index (χ0v) is 15.6. The van der Waals surface area contributed by atoms with Gasteiger partial charge in [0.1, 0.15) is 11.5 Å². The molecule has 1 amide bonds. The highest BCUT2D eigenvalue weighted by Crippen LogP contribution is 2.23. The molecular formula is C19H22BrNO3. The zero-order valence-electron chi connectivity index (χ0n) is 14.0. The maximum absolute atomic E-state index is 12.0. The van der Waals surface area contributed by atoms with E-state index in [0.717, 1.165) is 27.2 Å². The van der Waals surface area contributed by atoms with Crippen molar-refractivity contribution < 1.29 is 14.3 Å². The number of ether oxygens (including phenoxy) is 2. The lowest BCUT2D eigenvalue weighted by atomic mass is 10.2. The second-order valence-electron chi connectivity index (χ2n) is 5.39. The third-order valence-corrected chi connectivity index (χ3v) is 4.01. The van der Waals surface area contributed by atoms with Crippen LogP contribution < -0.4 is 14.8 Å². The van der Waals surface area contributed by atoms with Crippen LogP contribution in [0.15, 0.2) is 46.9 Å². The van der Waals surface area contributed by atoms with Crippen LogP contribution in [0.4, 0.5) is 5.69 Å². The molecule has 0 radical (unpaired) electrons. The lowest BCUT2D eigenvalue weighted by Gasteiger charge is -2.09. The van der Waals surface area contributed by atoms with Gasteiger partial charge < -0.3 is 14.8 Å². The van der Waals surface area contributed by atoms with E-state index in [0.29, 0.717) is 26.1 Å². The van der Waals surface area contributed by atoms with E-state index in [-0.39, 0.29) is 5.91 Å². The SMILES string of the molecule is CCOc1ccc(OCCCC(=O)Nc2ccc(C)cc2Br)cc1. The summed E-state index contributed by atoms with van der Waals surface area (Å²) in [5, 5.41) is 2.90. The molecule has 4 nitrogen and oxygen atoms in total. The summed E-state index contributed by atoms with van der Waals surface area (Å²) in [6.45, 7) is 5.10. The van der Waals surface area contributed by atoms with Gasteiger partial charge in [0.15, 0.2) is 0 Å². The number of carbonyl (C=O) groups is 1. The molecule has 0 atom stereocenters. The normalized spacial score (nSPS) is 10.3. The standard InChI is InChI=1S/C19H22BrNO3/c1-3-23-15-7-9-16(10-8-15)24-12-4-5-19(22)21-18-11-6-14(2)13-17(18)20/h6-11,13H,3-5,12H2,1-2H3,(H,21,22). The zero-order chi connectivity index (χ0) is 17.4. The molecule has 0 heterocycles. The average Bonchev–Trinajstić information content (AvgIpc) is 2.56. The molecule has 2 aromatic carbocycles. The number of amides is 1. The van der Waals surface area contributed by atoms with Crippen LogP contribution in [0.2, 0.25) is 0 Å². The number of halogens is 1. The van der Waals surface area contributed by atoms with E-state index in [1.807, 2.05) is 56.3 Å². The summed E-state index contributed by atoms with van der Waals surface area (Å²) >= 11 is 3.46. The molecule has 0 saturated carbocycles. The highest BCUT2D eigenvalue weighted by Gasteiger charge is 2.06. The Labute approximate surface area is 151 Å². The number of aryl methyl sites for hydroxylation is 1. The van der Waals surface area contributed by atoms with E-state index < -0.39 is 0 Å². The summed E-state index contributed by atoms with van der Waals surface area (Å²) in [5.74, 6) is 1.59. The fourth-order valence-electron chi connectivity index (χ4n) is 2.16. The summed E-state index contributed by atoms with van der Waals surface area (Å²) in [6, 6.07) is 13.3. The van der Waals surface area contributed by atoms with E-state index in [4.69, 9.17) is 9.47 Å². The lowest BCUT2D eigenvalue weighted by molar-refractivity contribution is -0.116. The van der Waals surface area contributed by atoms with Gasteiger partial charge in [-0.1, -0.05) is 6.07 Å². The second kappa shape index (κ2) is 9.33. The van der Waals surface area contributed by atoms with Crippen molar-refractivity contribution in [2.24, 2.45) is 0 Å². The summed E-state index contributed by atoms with van der Waals surface area (Å²) in [5.41, 5.74) is 1.93. The lowest BCUT2D eigenvalue weighted by Crippen LogP contribution is -2.13. The molecule has 0 spiro atoms. The smallest absolute Gasteiger partial charge is 0.224 e. The minimum Gasteiger partial charge on any atom is -0.494 e. The van der Waals surface area contributed by atoms with Crippen molar-refractivity contribution in [2.75, 3.05) is 18.5 Å². The van der Waals surface area contributed by atoms with Gasteiger partial charge in [-0.3, -0.25) is 4.79 Å². The van der Waals surface area contributed by atoms with E-state index in [1.54, 1.807) is 0 Å². The van der Waals surface area contributed by atoms with Crippen LogP contribution >= 0.6 is 15.9 Å². The molecule has 0 saturated heterocycles. The number of hydrogen-bond acceptors (Lipinski definition) is 3. The van der Waals surface area contributed by atoms with Crippen LogP contribution in [0, 0.1) is 6.92 Å². The summed E-state index contributed by atoms with van der Waals surface area (Å²) in [7, 11) is 0. The van der Waals surface area contributed by atoms with Crippen molar-refractivity contribution in [1.82, 2.24) is 0 Å². The predicted molar refractivity (Wildman–Crippen MR) is 99.8 cm³/mol. The van der Waals surface area contributed by atoms with Crippen LogP contribution in [0.25, 0.3) is 0 Å². The largest absolute Gasteiger partial charge is 0.494 e. The number of benzene rings is 2. The molecule has 0 bridgehead atoms. The first-order valence-corrected chi connectivity index (χ1v) is 8.79. The Hall–Kier alpha value is -2.01. The number of hydrogen-bond donors (Lipinski definition) is 1. The van der Waals surface area contributed by atoms with E-state index in [9.17, 15) is 4.79 Å². The molecule has 0 aliphatic heterocycles. The Morgan fingerprint density at radius 3 is 2.38 bits per heavy atom. The fraction of sp³-hybridized carbons (Fsp3) is 0.316. The van der Waals surface area contributed by atoms with Crippen molar-refractivity contribution in [2.45, 2.75) is 26.7 Å². The van der Waals surface area contributed by atoms with Gasteiger partial charge >= 0.3 is 0 Å². The molecule has 0 aliphatic rings. The molecule has 2 rings (SSSR count). The van der Waals surface area contributed by atoms with Gasteiger partial charge in [0.25, 0.3) is 0 Å². The third-order valence-electron chi connectivity index (χ3n) is 3.35. The predicted octanol–water partition coefficient (Wildman–Crippen LogP) is 4.95. The van der Waals surface area contributed by atoms with Crippen molar-refractivity contribution in [3.63, 3.8) is 0 Å². The van der Waals surface area contributed by atoms with Gasteiger partial charge in [0.05, 0.1) is 18.9 Å². The van der Waals surface area contributed by atoms with Crippen LogP contribution in [0.5, 0.6) is 11.5 Å². The topological polar surface area (TPSA) is 47.6 Å². The Balaban J connectivity index is 1.70. The molecular weight excluding hydrogens is 370 g/mol. The summed E-state index contributed by atoms with van der Waals surface area (Å²) in [4.78, 5) is 12.0. The van der Waals surface area contributed by atoms with Crippen molar-refractivity contribution in [1.29, 1.82) is 0 Å². The Morgan fingerprint density at radius 1 is 1.08 bits per heavy atom. The highest BCUT2D eigenvalue weighted by molar-refractivity contribution is 9.10. The minimum absolute atomic E-state index is 0.0187. The van der Waals surface area contributed by atoms with Crippen LogP contribution in [-0.2, 0) is 4.79 Å². The maximum Gasteiger partial charge on any atom is 0.224 e. The van der Waals surface area contributed by atoms with E-state index in [2.05, 4.69) is 21.2 Å². The first-order chi connectivity index (χ1) is 11.6. The van der Waals surface area contributed by atoms with Gasteiger partial charge in [-0.15, -0.1) is 0 Å². The molecule has 5 heteroatoms. The highest BCUT2D eigenvalue weighted by atomic mass is 79.9. The maximum atomic E-state index is 12.0. The molecule has 0 unspecified atom stereocenters. The van der Waals surface area contributed by atoms with Gasteiger partial charge in [0, 0.05) is 10.9 Å². The molecule has 128 valence electrons. The quantitative estimate of drug-likeness (QED) is 0.647. The monoisotopic (exact) mass is 391 g/mol. The molecule has 0 fully saturated rings. The number of anilines is 1. The molecule has 2 aromatic rings. The van der Waals surface area contributed by atoms with E-state index in [1.165, 1.54) is 0 Å². The molecule has 24 heavy (non-hydrogen) atoms. The van der Waals surface area contributed by atoms with Gasteiger partial charge in [-0.05, 0) is 78.2 Å². The Morgan fingerprint density at radius 2 is 1.75 bits per heavy atom. The van der Waals surface area contributed by atoms with Crippen LogP contribution in [0.1, 0.15) is 25.3 Å². The van der Waals surface area contributed by atoms with E-state index >= 15 is 0 Å². The Bertz CT molecular complexity index is 671. The fourth-order valence-corrected chi connectivity index (χ4v) is 2.75. The van der Waals surface area contributed by atoms with Crippen LogP contribution in [0.3, 0.4) is 0 Å².